The molecule has 2 nitrogen and oxygen atoms in total. The summed E-state index contributed by atoms with van der Waals surface area (Å²) in [6.07, 6.45) is 7.77. The Hall–Kier alpha value is -0.360. The molecule has 4 heteroatoms. The van der Waals surface area contributed by atoms with E-state index in [0.717, 1.165) is 31.2 Å². The van der Waals surface area contributed by atoms with Gasteiger partial charge in [-0.25, -0.2) is 8.42 Å². The van der Waals surface area contributed by atoms with E-state index < -0.39 is 9.84 Å². The Kier molecular flexibility index (Phi) is 5.06. The maximum Gasteiger partial charge on any atom is 0.182 e. The van der Waals surface area contributed by atoms with Crippen LogP contribution in [0.4, 0.5) is 0 Å². The molecule has 0 N–H and O–H groups in total. The highest BCUT2D eigenvalue weighted by molar-refractivity contribution is 14.1. The van der Waals surface area contributed by atoms with Crippen LogP contribution < -0.4 is 0 Å². The molecule has 0 bridgehead atoms. The molecular weight excluding hydrogens is 371 g/mol. The number of aryl methyl sites for hydroxylation is 1. The lowest BCUT2D eigenvalue weighted by Gasteiger charge is -2.23. The summed E-state index contributed by atoms with van der Waals surface area (Å²) in [7, 11) is -3.21. The van der Waals surface area contributed by atoms with Crippen molar-refractivity contribution in [2.45, 2.75) is 46.7 Å². The molecule has 1 aromatic rings. The highest BCUT2D eigenvalue weighted by Crippen LogP contribution is 2.30. The van der Waals surface area contributed by atoms with Crippen LogP contribution in [0.15, 0.2) is 41.3 Å². The fourth-order valence-corrected chi connectivity index (χ4v) is 6.09. The number of hydrogen-bond donors (Lipinski definition) is 0. The molecule has 0 aromatic heterocycles. The van der Waals surface area contributed by atoms with Gasteiger partial charge in [0.1, 0.15) is 0 Å². The normalized spacial score (nSPS) is 24.7. The Balaban J connectivity index is 2.31. The lowest BCUT2D eigenvalue weighted by atomic mass is 10.1. The molecule has 104 valence electrons. The third kappa shape index (κ3) is 3.60. The third-order valence-corrected chi connectivity index (χ3v) is 7.81. The summed E-state index contributed by atoms with van der Waals surface area (Å²) in [5.74, 6) is 0. The number of allylic oxidation sites excluding steroid dienone is 2. The van der Waals surface area contributed by atoms with Gasteiger partial charge in [0.2, 0.25) is 0 Å². The molecule has 0 unspecified atom stereocenters. The van der Waals surface area contributed by atoms with Crippen LogP contribution in [0.5, 0.6) is 0 Å². The Bertz CT molecular complexity index is 546. The van der Waals surface area contributed by atoms with Crippen LogP contribution in [0.2, 0.25) is 0 Å². The van der Waals surface area contributed by atoms with Crippen molar-refractivity contribution in [3.05, 3.63) is 42.0 Å². The molecule has 0 saturated heterocycles. The maximum atomic E-state index is 12.7. The van der Waals surface area contributed by atoms with Crippen LogP contribution >= 0.6 is 22.6 Å². The minimum absolute atomic E-state index is 0.189. The first-order valence-corrected chi connectivity index (χ1v) is 9.40. The third-order valence-electron chi connectivity index (χ3n) is 3.55. The van der Waals surface area contributed by atoms with Crippen molar-refractivity contribution in [2.75, 3.05) is 0 Å². The van der Waals surface area contributed by atoms with Gasteiger partial charge in [0.05, 0.1) is 10.1 Å². The van der Waals surface area contributed by atoms with E-state index in [4.69, 9.17) is 0 Å². The first-order valence-electron chi connectivity index (χ1n) is 6.61. The summed E-state index contributed by atoms with van der Waals surface area (Å²) in [4.78, 5) is 0.467. The van der Waals surface area contributed by atoms with Crippen LogP contribution in [0.1, 0.15) is 31.2 Å². The van der Waals surface area contributed by atoms with Gasteiger partial charge in [-0.05, 0) is 44.7 Å². The Labute approximate surface area is 129 Å². The molecule has 1 aliphatic carbocycles. The van der Waals surface area contributed by atoms with Crippen molar-refractivity contribution in [3.8, 4) is 0 Å². The summed E-state index contributed by atoms with van der Waals surface area (Å²) in [5, 5.41) is -0.263. The predicted octanol–water partition coefficient (Wildman–Crippen LogP) is 4.07. The minimum Gasteiger partial charge on any atom is -0.223 e. The van der Waals surface area contributed by atoms with Gasteiger partial charge in [0.25, 0.3) is 0 Å². The highest BCUT2D eigenvalue weighted by atomic mass is 127. The molecule has 2 rings (SSSR count). The van der Waals surface area contributed by atoms with Crippen LogP contribution in [-0.4, -0.2) is 17.6 Å². The molecule has 1 aromatic carbocycles. The van der Waals surface area contributed by atoms with E-state index in [2.05, 4.69) is 34.7 Å². The van der Waals surface area contributed by atoms with Gasteiger partial charge in [-0.2, -0.15) is 0 Å². The van der Waals surface area contributed by atoms with Gasteiger partial charge in [-0.15, -0.1) is 0 Å². The number of hydrogen-bond acceptors (Lipinski definition) is 2. The van der Waals surface area contributed by atoms with E-state index in [1.165, 1.54) is 0 Å². The van der Waals surface area contributed by atoms with E-state index in [1.54, 1.807) is 12.1 Å². The molecule has 19 heavy (non-hydrogen) atoms. The van der Waals surface area contributed by atoms with Gasteiger partial charge in [0.15, 0.2) is 9.84 Å². The standard InChI is InChI=1S/C15H19IO2S/c1-12-8-10-13(11-9-12)19(17,18)15-7-5-3-2-4-6-14(15)16/h2-3,8-11,14-15H,4-7H2,1H3/t14-,15-/m1/s1. The molecule has 1 aliphatic rings. The molecule has 2 atom stereocenters. The molecule has 0 saturated carbocycles. The van der Waals surface area contributed by atoms with Crippen molar-refractivity contribution < 1.29 is 8.42 Å². The van der Waals surface area contributed by atoms with E-state index in [-0.39, 0.29) is 9.17 Å². The van der Waals surface area contributed by atoms with Gasteiger partial charge in [-0.3, -0.25) is 0 Å². The van der Waals surface area contributed by atoms with Crippen molar-refractivity contribution in [2.24, 2.45) is 0 Å². The minimum atomic E-state index is -3.21. The Morgan fingerprint density at radius 1 is 1.05 bits per heavy atom. The molecule has 0 fully saturated rings. The molecule has 0 aliphatic heterocycles. The van der Waals surface area contributed by atoms with Crippen LogP contribution in [0.25, 0.3) is 0 Å². The average molecular weight is 390 g/mol. The number of rotatable bonds is 2. The zero-order valence-electron chi connectivity index (χ0n) is 11.0. The lowest BCUT2D eigenvalue weighted by Crippen LogP contribution is -2.31. The van der Waals surface area contributed by atoms with Crippen LogP contribution in [-0.2, 0) is 9.84 Å². The Morgan fingerprint density at radius 2 is 1.63 bits per heavy atom. The molecule has 0 amide bonds. The fourth-order valence-electron chi connectivity index (χ4n) is 2.37. The first-order chi connectivity index (χ1) is 9.01. The van der Waals surface area contributed by atoms with E-state index >= 15 is 0 Å². The zero-order valence-corrected chi connectivity index (χ0v) is 14.0. The molecule has 0 radical (unpaired) electrons. The SMILES string of the molecule is Cc1ccc(S(=O)(=O)[C@@H]2CCC=CCC[C@H]2I)cc1. The van der Waals surface area contributed by atoms with Gasteiger partial charge in [-0.1, -0.05) is 52.4 Å². The van der Waals surface area contributed by atoms with Gasteiger partial charge < -0.3 is 0 Å². The number of halogens is 1. The van der Waals surface area contributed by atoms with Crippen molar-refractivity contribution in [1.82, 2.24) is 0 Å². The predicted molar refractivity (Wildman–Crippen MR) is 87.6 cm³/mol. The van der Waals surface area contributed by atoms with Crippen LogP contribution in [0, 0.1) is 6.92 Å². The second-order valence-corrected chi connectivity index (χ2v) is 8.81. The van der Waals surface area contributed by atoms with Crippen molar-refractivity contribution in [1.29, 1.82) is 0 Å². The summed E-state index contributed by atoms with van der Waals surface area (Å²) in [6, 6.07) is 7.22. The lowest BCUT2D eigenvalue weighted by molar-refractivity contribution is 0.560. The summed E-state index contributed by atoms with van der Waals surface area (Å²) < 4.78 is 25.7. The zero-order chi connectivity index (χ0) is 13.9. The second-order valence-electron chi connectivity index (χ2n) is 5.04. The van der Waals surface area contributed by atoms with Crippen molar-refractivity contribution >= 4 is 32.4 Å². The largest absolute Gasteiger partial charge is 0.223 e. The second kappa shape index (κ2) is 6.39. The maximum absolute atomic E-state index is 12.7. The summed E-state index contributed by atoms with van der Waals surface area (Å²) in [6.45, 7) is 1.97. The van der Waals surface area contributed by atoms with E-state index in [0.29, 0.717) is 4.90 Å². The number of sulfone groups is 1. The van der Waals surface area contributed by atoms with Gasteiger partial charge >= 0.3 is 0 Å². The number of alkyl halides is 1. The topological polar surface area (TPSA) is 34.1 Å². The first kappa shape index (κ1) is 15.0. The molecular formula is C15H19IO2S. The fraction of sp³-hybridized carbons (Fsp3) is 0.467. The molecule has 0 heterocycles. The smallest absolute Gasteiger partial charge is 0.182 e. The number of benzene rings is 1. The summed E-state index contributed by atoms with van der Waals surface area (Å²) in [5.41, 5.74) is 1.09. The Morgan fingerprint density at radius 3 is 2.26 bits per heavy atom. The summed E-state index contributed by atoms with van der Waals surface area (Å²) >= 11 is 2.31. The van der Waals surface area contributed by atoms with Crippen molar-refractivity contribution in [3.63, 3.8) is 0 Å². The molecule has 0 spiro atoms. The monoisotopic (exact) mass is 390 g/mol. The average Bonchev–Trinajstić information content (AvgIpc) is 2.34. The van der Waals surface area contributed by atoms with Crippen LogP contribution in [0.3, 0.4) is 0 Å². The van der Waals surface area contributed by atoms with E-state index in [9.17, 15) is 8.42 Å². The highest BCUT2D eigenvalue weighted by Gasteiger charge is 2.32. The quantitative estimate of drug-likeness (QED) is 0.434. The van der Waals surface area contributed by atoms with Gasteiger partial charge in [0, 0.05) is 3.92 Å². The van der Waals surface area contributed by atoms with E-state index in [1.807, 2.05) is 19.1 Å².